The molecule has 0 aromatic rings. The minimum absolute atomic E-state index is 0.201. The number of hydrogen-bond acceptors (Lipinski definition) is 3. The molecule has 80 valence electrons. The Morgan fingerprint density at radius 3 is 2.36 bits per heavy atom. The van der Waals surface area contributed by atoms with Gasteiger partial charge < -0.3 is 9.84 Å². The van der Waals surface area contributed by atoms with Crippen LogP contribution >= 0.6 is 0 Å². The van der Waals surface area contributed by atoms with E-state index in [1.54, 1.807) is 20.8 Å². The molecule has 0 heterocycles. The van der Waals surface area contributed by atoms with E-state index < -0.39 is 23.6 Å². The number of aliphatic hydroxyl groups is 1. The SMILES string of the molecule is C#CC[C@H](C(=O)OC(C)(C)C)[C@H](C)O. The topological polar surface area (TPSA) is 46.5 Å². The van der Waals surface area contributed by atoms with Gasteiger partial charge in [-0.05, 0) is 27.7 Å². The van der Waals surface area contributed by atoms with Crippen molar-refractivity contribution in [2.24, 2.45) is 5.92 Å². The fourth-order valence-corrected chi connectivity index (χ4v) is 0.955. The highest BCUT2D eigenvalue weighted by atomic mass is 16.6. The summed E-state index contributed by atoms with van der Waals surface area (Å²) in [4.78, 5) is 11.5. The van der Waals surface area contributed by atoms with Crippen molar-refractivity contribution in [3.63, 3.8) is 0 Å². The lowest BCUT2D eigenvalue weighted by Crippen LogP contribution is -2.33. The number of rotatable bonds is 3. The van der Waals surface area contributed by atoms with E-state index in [9.17, 15) is 9.90 Å². The number of carbonyl (C=O) groups excluding carboxylic acids is 1. The van der Waals surface area contributed by atoms with Crippen LogP contribution in [0.3, 0.4) is 0 Å². The maximum absolute atomic E-state index is 11.5. The minimum Gasteiger partial charge on any atom is -0.460 e. The summed E-state index contributed by atoms with van der Waals surface area (Å²) in [6, 6.07) is 0. The molecule has 14 heavy (non-hydrogen) atoms. The van der Waals surface area contributed by atoms with Gasteiger partial charge in [-0.1, -0.05) is 0 Å². The van der Waals surface area contributed by atoms with E-state index >= 15 is 0 Å². The van der Waals surface area contributed by atoms with Crippen molar-refractivity contribution in [2.75, 3.05) is 0 Å². The monoisotopic (exact) mass is 198 g/mol. The molecule has 0 aromatic carbocycles. The molecule has 0 bridgehead atoms. The van der Waals surface area contributed by atoms with E-state index in [0.29, 0.717) is 0 Å². The molecule has 0 saturated carbocycles. The Morgan fingerprint density at radius 2 is 2.07 bits per heavy atom. The molecule has 0 unspecified atom stereocenters. The second-order valence-corrected chi connectivity index (χ2v) is 4.29. The number of esters is 1. The highest BCUT2D eigenvalue weighted by Gasteiger charge is 2.27. The number of carbonyl (C=O) groups is 1. The Bertz CT molecular complexity index is 230. The van der Waals surface area contributed by atoms with Crippen LogP contribution in [0.2, 0.25) is 0 Å². The van der Waals surface area contributed by atoms with E-state index in [1.165, 1.54) is 6.92 Å². The van der Waals surface area contributed by atoms with Crippen LogP contribution in [-0.4, -0.2) is 22.8 Å². The van der Waals surface area contributed by atoms with Crippen molar-refractivity contribution in [1.82, 2.24) is 0 Å². The van der Waals surface area contributed by atoms with Gasteiger partial charge in [-0.3, -0.25) is 4.79 Å². The van der Waals surface area contributed by atoms with Crippen LogP contribution in [0.5, 0.6) is 0 Å². The van der Waals surface area contributed by atoms with E-state index in [0.717, 1.165) is 0 Å². The average molecular weight is 198 g/mol. The molecule has 0 aliphatic rings. The van der Waals surface area contributed by atoms with Crippen LogP contribution in [-0.2, 0) is 9.53 Å². The van der Waals surface area contributed by atoms with Gasteiger partial charge in [-0.15, -0.1) is 12.3 Å². The Labute approximate surface area is 85.5 Å². The van der Waals surface area contributed by atoms with Crippen LogP contribution in [0.25, 0.3) is 0 Å². The second-order valence-electron chi connectivity index (χ2n) is 4.29. The number of terminal acetylenes is 1. The van der Waals surface area contributed by atoms with E-state index in [4.69, 9.17) is 11.2 Å². The first-order chi connectivity index (χ1) is 6.28. The zero-order valence-corrected chi connectivity index (χ0v) is 9.20. The fourth-order valence-electron chi connectivity index (χ4n) is 0.955. The highest BCUT2D eigenvalue weighted by Crippen LogP contribution is 2.16. The Hall–Kier alpha value is -1.01. The summed E-state index contributed by atoms with van der Waals surface area (Å²) in [5.41, 5.74) is -0.543. The third-order valence-electron chi connectivity index (χ3n) is 1.63. The van der Waals surface area contributed by atoms with Crippen molar-refractivity contribution in [3.05, 3.63) is 0 Å². The summed E-state index contributed by atoms with van der Waals surface area (Å²) >= 11 is 0. The molecule has 2 atom stereocenters. The third-order valence-corrected chi connectivity index (χ3v) is 1.63. The summed E-state index contributed by atoms with van der Waals surface area (Å²) in [7, 11) is 0. The van der Waals surface area contributed by atoms with Crippen molar-refractivity contribution >= 4 is 5.97 Å². The molecule has 3 nitrogen and oxygen atoms in total. The predicted molar refractivity (Wildman–Crippen MR) is 54.5 cm³/mol. The van der Waals surface area contributed by atoms with Gasteiger partial charge in [0, 0.05) is 6.42 Å². The lowest BCUT2D eigenvalue weighted by molar-refractivity contribution is -0.163. The molecule has 0 spiro atoms. The number of hydrogen-bond donors (Lipinski definition) is 1. The molecule has 0 saturated heterocycles. The summed E-state index contributed by atoms with van der Waals surface area (Å²) < 4.78 is 5.12. The summed E-state index contributed by atoms with van der Waals surface area (Å²) in [6.07, 6.45) is 4.52. The summed E-state index contributed by atoms with van der Waals surface area (Å²) in [5.74, 6) is 1.29. The molecule has 0 fully saturated rings. The van der Waals surface area contributed by atoms with Crippen molar-refractivity contribution in [3.8, 4) is 12.3 Å². The average Bonchev–Trinajstić information content (AvgIpc) is 1.95. The van der Waals surface area contributed by atoms with Crippen LogP contribution < -0.4 is 0 Å². The van der Waals surface area contributed by atoms with Gasteiger partial charge in [0.05, 0.1) is 12.0 Å². The first kappa shape index (κ1) is 13.0. The Morgan fingerprint density at radius 1 is 1.57 bits per heavy atom. The lowest BCUT2D eigenvalue weighted by atomic mass is 10.00. The zero-order valence-electron chi connectivity index (χ0n) is 9.20. The maximum Gasteiger partial charge on any atom is 0.313 e. The molecule has 3 heteroatoms. The van der Waals surface area contributed by atoms with Crippen molar-refractivity contribution < 1.29 is 14.6 Å². The van der Waals surface area contributed by atoms with Gasteiger partial charge in [-0.25, -0.2) is 0 Å². The molecule has 0 aliphatic heterocycles. The van der Waals surface area contributed by atoms with Crippen LogP contribution in [0, 0.1) is 18.3 Å². The second kappa shape index (κ2) is 5.02. The van der Waals surface area contributed by atoms with Crippen LogP contribution in [0.4, 0.5) is 0 Å². The lowest BCUT2D eigenvalue weighted by Gasteiger charge is -2.24. The van der Waals surface area contributed by atoms with E-state index in [2.05, 4.69) is 5.92 Å². The van der Waals surface area contributed by atoms with Crippen LogP contribution in [0.1, 0.15) is 34.1 Å². The van der Waals surface area contributed by atoms with Gasteiger partial charge in [0.15, 0.2) is 0 Å². The standard InChI is InChI=1S/C11H18O3/c1-6-7-9(8(2)12)10(13)14-11(3,4)5/h1,8-9,12H,7H2,2-5H3/t8-,9-/m0/s1. The minimum atomic E-state index is -0.777. The molecule has 0 aromatic heterocycles. The molecule has 0 amide bonds. The molecular formula is C11H18O3. The van der Waals surface area contributed by atoms with Crippen molar-refractivity contribution in [1.29, 1.82) is 0 Å². The smallest absolute Gasteiger partial charge is 0.313 e. The van der Waals surface area contributed by atoms with Gasteiger partial charge >= 0.3 is 5.97 Å². The van der Waals surface area contributed by atoms with E-state index in [-0.39, 0.29) is 6.42 Å². The number of aliphatic hydroxyl groups excluding tert-OH is 1. The zero-order chi connectivity index (χ0) is 11.4. The first-order valence-corrected chi connectivity index (χ1v) is 4.62. The van der Waals surface area contributed by atoms with Gasteiger partial charge in [-0.2, -0.15) is 0 Å². The predicted octanol–water partition coefficient (Wildman–Crippen LogP) is 1.35. The molecule has 1 N–H and O–H groups in total. The fraction of sp³-hybridized carbons (Fsp3) is 0.727. The van der Waals surface area contributed by atoms with Gasteiger partial charge in [0.2, 0.25) is 0 Å². The van der Waals surface area contributed by atoms with Gasteiger partial charge in [0.1, 0.15) is 5.60 Å². The van der Waals surface area contributed by atoms with Crippen LogP contribution in [0.15, 0.2) is 0 Å². The number of ether oxygens (including phenoxy) is 1. The first-order valence-electron chi connectivity index (χ1n) is 4.62. The molecule has 0 radical (unpaired) electrons. The summed E-state index contributed by atoms with van der Waals surface area (Å²) in [6.45, 7) is 6.87. The summed E-state index contributed by atoms with van der Waals surface area (Å²) in [5, 5.41) is 9.31. The molecule has 0 aliphatic carbocycles. The maximum atomic E-state index is 11.5. The molecule has 0 rings (SSSR count). The van der Waals surface area contributed by atoms with E-state index in [1.807, 2.05) is 0 Å². The normalized spacial score (nSPS) is 15.4. The largest absolute Gasteiger partial charge is 0.460 e. The third kappa shape index (κ3) is 4.88. The Balaban J connectivity index is 4.39. The van der Waals surface area contributed by atoms with Gasteiger partial charge in [0.25, 0.3) is 0 Å². The Kier molecular flexibility index (Phi) is 4.65. The molecular weight excluding hydrogens is 180 g/mol. The quantitative estimate of drug-likeness (QED) is 0.550. The highest BCUT2D eigenvalue weighted by molar-refractivity contribution is 5.73. The van der Waals surface area contributed by atoms with Crippen molar-refractivity contribution in [2.45, 2.75) is 45.8 Å².